The third-order valence-electron chi connectivity index (χ3n) is 3.04. The van der Waals surface area contributed by atoms with Crippen molar-refractivity contribution >= 4 is 11.6 Å². The quantitative estimate of drug-likeness (QED) is 0.869. The molecule has 1 amide bonds. The predicted octanol–water partition coefficient (Wildman–Crippen LogP) is 1.68. The van der Waals surface area contributed by atoms with Gasteiger partial charge in [-0.1, -0.05) is 6.07 Å². The Morgan fingerprint density at radius 2 is 2.47 bits per heavy atom. The zero-order valence-corrected chi connectivity index (χ0v) is 9.99. The van der Waals surface area contributed by atoms with Gasteiger partial charge in [-0.05, 0) is 11.6 Å². The number of nitrogens with one attached hydrogen (secondary N) is 1. The minimum absolute atomic E-state index is 0.0764. The van der Waals surface area contributed by atoms with E-state index in [-0.39, 0.29) is 11.8 Å². The molecule has 1 N–H and O–H groups in total. The maximum Gasteiger partial charge on any atom is 0.222 e. The Bertz CT molecular complexity index is 515. The highest BCUT2D eigenvalue weighted by Gasteiger charge is 2.25. The van der Waals surface area contributed by atoms with E-state index in [0.717, 1.165) is 11.3 Å². The van der Waals surface area contributed by atoms with E-state index in [1.165, 1.54) is 0 Å². The number of anilines is 1. The maximum absolute atomic E-state index is 11.8. The summed E-state index contributed by atoms with van der Waals surface area (Å²) in [5, 5.41) is 3.19. The van der Waals surface area contributed by atoms with E-state index in [2.05, 4.69) is 5.32 Å². The lowest BCUT2D eigenvalue weighted by Gasteiger charge is -2.14. The molecule has 0 saturated carbocycles. The second kappa shape index (κ2) is 4.65. The Labute approximate surface area is 106 Å². The smallest absolute Gasteiger partial charge is 0.222 e. The molecule has 1 unspecified atom stereocenters. The lowest BCUT2D eigenvalue weighted by molar-refractivity contribution is -0.129. The Morgan fingerprint density at radius 1 is 1.65 bits per heavy atom. The molecule has 0 fully saturated rings. The van der Waals surface area contributed by atoms with Crippen LogP contribution in [0.15, 0.2) is 18.2 Å². The summed E-state index contributed by atoms with van der Waals surface area (Å²) in [5.41, 5.74) is 1.86. The highest BCUT2D eigenvalue weighted by Crippen LogP contribution is 2.36. The summed E-state index contributed by atoms with van der Waals surface area (Å²) in [6.07, 6.45) is 0.437. The lowest BCUT2D eigenvalue weighted by Crippen LogP contribution is -2.24. The van der Waals surface area contributed by atoms with Crippen LogP contribution in [0.3, 0.4) is 0 Å². The van der Waals surface area contributed by atoms with Gasteiger partial charge in [0.15, 0.2) is 0 Å². The Balaban J connectivity index is 2.12. The second-order valence-electron chi connectivity index (χ2n) is 4.42. The summed E-state index contributed by atoms with van der Waals surface area (Å²) in [5.74, 6) is 0.491. The molecule has 0 aliphatic carbocycles. The van der Waals surface area contributed by atoms with Gasteiger partial charge >= 0.3 is 0 Å². The third-order valence-corrected chi connectivity index (χ3v) is 3.04. The van der Waals surface area contributed by atoms with Crippen molar-refractivity contribution in [2.24, 2.45) is 0 Å². The van der Waals surface area contributed by atoms with Crippen LogP contribution in [0.4, 0.5) is 5.69 Å². The summed E-state index contributed by atoms with van der Waals surface area (Å²) >= 11 is 0. The van der Waals surface area contributed by atoms with Crippen LogP contribution < -0.4 is 10.1 Å². The average Bonchev–Trinajstić information content (AvgIpc) is 2.69. The molecule has 0 spiro atoms. The number of benzene rings is 1. The third kappa shape index (κ3) is 2.35. The highest BCUT2D eigenvalue weighted by atomic mass is 16.5. The van der Waals surface area contributed by atoms with Crippen LogP contribution >= 0.6 is 0 Å². The molecule has 1 aromatic carbocycles. The number of nitrogens with zero attached hydrogens (tertiary/aromatic N) is 1. The number of carbonyl (C=O) groups excluding carboxylic acids is 1. The fraction of sp³-hybridized carbons (Fsp3) is 0.462. The van der Waals surface area contributed by atoms with E-state index in [0.29, 0.717) is 18.7 Å². The van der Waals surface area contributed by atoms with Gasteiger partial charge in [0.05, 0.1) is 11.2 Å². The molecule has 0 aromatic heterocycles. The summed E-state index contributed by atoms with van der Waals surface area (Å²) in [4.78, 5) is 13.3. The molecular formula is C13H18N2O2. The van der Waals surface area contributed by atoms with Gasteiger partial charge in [-0.2, -0.15) is 0 Å². The van der Waals surface area contributed by atoms with Gasteiger partial charge in [0.2, 0.25) is 5.91 Å². The first kappa shape index (κ1) is 8.39. The van der Waals surface area contributed by atoms with Gasteiger partial charge in [0.1, 0.15) is 5.75 Å². The van der Waals surface area contributed by atoms with Crippen molar-refractivity contribution in [1.29, 1.82) is 0 Å². The Kier molecular flexibility index (Phi) is 2.30. The molecule has 2 rings (SSSR count). The maximum atomic E-state index is 11.8. The molecule has 1 heterocycles. The molecule has 1 aromatic rings. The number of hydrogen-bond donors (Lipinski definition) is 1. The first-order chi connectivity index (χ1) is 9.26. The largest absolute Gasteiger partial charge is 0.497 e. The van der Waals surface area contributed by atoms with E-state index in [1.54, 1.807) is 31.1 Å². The molecule has 4 heteroatoms. The van der Waals surface area contributed by atoms with Crippen LogP contribution in [-0.4, -0.2) is 38.5 Å². The number of hydrogen-bond acceptors (Lipinski definition) is 3. The second-order valence-corrected chi connectivity index (χ2v) is 4.42. The van der Waals surface area contributed by atoms with Crippen molar-refractivity contribution in [2.45, 2.75) is 12.3 Å². The van der Waals surface area contributed by atoms with Crippen molar-refractivity contribution in [2.75, 3.05) is 33.0 Å². The number of carbonyl (C=O) groups is 1. The monoisotopic (exact) mass is 237 g/mol. The number of ether oxygens (including phenoxy) is 1. The molecule has 1 atom stereocenters. The summed E-state index contributed by atoms with van der Waals surface area (Å²) < 4.78 is 26.1. The minimum atomic E-state index is -2.45. The van der Waals surface area contributed by atoms with Crippen molar-refractivity contribution in [3.63, 3.8) is 0 Å². The number of rotatable bonds is 3. The van der Waals surface area contributed by atoms with Crippen LogP contribution in [0, 0.1) is 0 Å². The van der Waals surface area contributed by atoms with Crippen LogP contribution in [0.1, 0.15) is 22.0 Å². The van der Waals surface area contributed by atoms with Crippen molar-refractivity contribution in [1.82, 2.24) is 4.90 Å². The normalized spacial score (nSPS) is 20.6. The van der Waals surface area contributed by atoms with Gasteiger partial charge in [0, 0.05) is 44.7 Å². The van der Waals surface area contributed by atoms with E-state index in [4.69, 9.17) is 8.85 Å². The van der Waals surface area contributed by atoms with Gasteiger partial charge in [0.25, 0.3) is 0 Å². The molecule has 0 saturated heterocycles. The molecule has 1 aliphatic heterocycles. The number of fused-ring (bicyclic) bond motifs is 1. The molecule has 4 nitrogen and oxygen atoms in total. The molecule has 92 valence electrons. The molecule has 0 bridgehead atoms. The molecule has 17 heavy (non-hydrogen) atoms. The molecular weight excluding hydrogens is 216 g/mol. The summed E-state index contributed by atoms with van der Waals surface area (Å²) in [6, 6.07) is 5.12. The molecule has 1 aliphatic rings. The minimum Gasteiger partial charge on any atom is -0.497 e. The summed E-state index contributed by atoms with van der Waals surface area (Å²) in [7, 11) is 1.02. The number of methoxy groups -OCH3 is 1. The molecule has 0 radical (unpaired) electrons. The zero-order valence-electron chi connectivity index (χ0n) is 13.0. The first-order valence-electron chi connectivity index (χ1n) is 7.03. The lowest BCUT2D eigenvalue weighted by atomic mass is 9.97. The topological polar surface area (TPSA) is 41.6 Å². The standard InChI is InChI=1S/C13H18N2O2/c1-15(2)13(16)6-9-8-14-12-7-10(17-3)4-5-11(9)12/h4-5,7,9,14H,6,8H2,1-3H3/i3D3. The van der Waals surface area contributed by atoms with Crippen LogP contribution in [0.2, 0.25) is 0 Å². The van der Waals surface area contributed by atoms with E-state index < -0.39 is 7.04 Å². The predicted molar refractivity (Wildman–Crippen MR) is 67.5 cm³/mol. The van der Waals surface area contributed by atoms with E-state index in [1.807, 2.05) is 6.07 Å². The number of amides is 1. The first-order valence-corrected chi connectivity index (χ1v) is 5.53. The van der Waals surface area contributed by atoms with E-state index >= 15 is 0 Å². The van der Waals surface area contributed by atoms with Crippen molar-refractivity contribution in [3.05, 3.63) is 23.8 Å². The average molecular weight is 237 g/mol. The highest BCUT2D eigenvalue weighted by molar-refractivity contribution is 5.78. The Morgan fingerprint density at radius 3 is 3.18 bits per heavy atom. The van der Waals surface area contributed by atoms with E-state index in [9.17, 15) is 4.79 Å². The van der Waals surface area contributed by atoms with Gasteiger partial charge in [-0.15, -0.1) is 0 Å². The Hall–Kier alpha value is -1.71. The van der Waals surface area contributed by atoms with Crippen molar-refractivity contribution < 1.29 is 13.6 Å². The zero-order chi connectivity index (χ0) is 14.9. The van der Waals surface area contributed by atoms with Crippen LogP contribution in [0.25, 0.3) is 0 Å². The summed E-state index contributed by atoms with van der Waals surface area (Å²) in [6.45, 7) is 0.673. The fourth-order valence-electron chi connectivity index (χ4n) is 2.03. The van der Waals surface area contributed by atoms with Gasteiger partial charge in [-0.3, -0.25) is 4.79 Å². The van der Waals surface area contributed by atoms with Gasteiger partial charge < -0.3 is 15.0 Å². The van der Waals surface area contributed by atoms with Crippen LogP contribution in [0.5, 0.6) is 5.75 Å². The van der Waals surface area contributed by atoms with Crippen molar-refractivity contribution in [3.8, 4) is 5.75 Å². The SMILES string of the molecule is [2H]C([2H])([2H])Oc1ccc2c(c1)NCC2CC(=O)N(C)C. The van der Waals surface area contributed by atoms with Gasteiger partial charge in [-0.25, -0.2) is 0 Å². The fourth-order valence-corrected chi connectivity index (χ4v) is 2.03. The van der Waals surface area contributed by atoms with Crippen LogP contribution in [-0.2, 0) is 4.79 Å².